The van der Waals surface area contributed by atoms with Crippen LogP contribution in [-0.4, -0.2) is 37.1 Å². The maximum absolute atomic E-state index is 11.5. The molecule has 0 atom stereocenters. The highest BCUT2D eigenvalue weighted by atomic mass is 16.2. The number of nitrogens with zero attached hydrogens (tertiary/aromatic N) is 5. The summed E-state index contributed by atoms with van der Waals surface area (Å²) in [4.78, 5) is 16.7. The third-order valence-corrected chi connectivity index (χ3v) is 2.13. The molecule has 1 N–H and O–H groups in total. The molecule has 0 spiro atoms. The van der Waals surface area contributed by atoms with Gasteiger partial charge in [-0.3, -0.25) is 9.78 Å². The summed E-state index contributed by atoms with van der Waals surface area (Å²) in [6, 6.07) is 3.67. The third kappa shape index (κ3) is 3.09. The van der Waals surface area contributed by atoms with E-state index in [1.54, 1.807) is 24.5 Å². The number of hydrogen-bond donors (Lipinski definition) is 1. The number of aromatic nitrogens is 5. The fraction of sp³-hybridized carbons (Fsp3) is 0.364. The molecule has 1 amide bonds. The third-order valence-electron chi connectivity index (χ3n) is 2.13. The van der Waals surface area contributed by atoms with Crippen molar-refractivity contribution in [2.45, 2.75) is 26.4 Å². The van der Waals surface area contributed by atoms with Gasteiger partial charge in [-0.1, -0.05) is 0 Å². The molecule has 2 aromatic rings. The van der Waals surface area contributed by atoms with E-state index in [9.17, 15) is 4.79 Å². The minimum Gasteiger partial charge on any atom is -0.352 e. The molecule has 0 saturated heterocycles. The molecule has 0 aliphatic rings. The minimum atomic E-state index is -0.135. The Labute approximate surface area is 104 Å². The molecule has 0 bridgehead atoms. The molecule has 7 nitrogen and oxygen atoms in total. The van der Waals surface area contributed by atoms with Crippen LogP contribution in [0.2, 0.25) is 0 Å². The van der Waals surface area contributed by atoms with E-state index in [0.29, 0.717) is 5.82 Å². The van der Waals surface area contributed by atoms with Crippen LogP contribution < -0.4 is 5.32 Å². The van der Waals surface area contributed by atoms with Crippen molar-refractivity contribution < 1.29 is 4.79 Å². The summed E-state index contributed by atoms with van der Waals surface area (Å²) in [6.07, 6.45) is 3.31. The van der Waals surface area contributed by atoms with Crippen molar-refractivity contribution in [1.82, 2.24) is 30.5 Å². The predicted octanol–water partition coefficient (Wildman–Crippen LogP) is 0.260. The highest BCUT2D eigenvalue weighted by molar-refractivity contribution is 5.75. The average Bonchev–Trinajstić information content (AvgIpc) is 2.77. The van der Waals surface area contributed by atoms with Crippen molar-refractivity contribution in [3.05, 3.63) is 24.5 Å². The lowest BCUT2D eigenvalue weighted by molar-refractivity contribution is -0.122. The SMILES string of the molecule is CC(C)NC(=O)Cn1nnc(-c2ccncc2)n1. The Hall–Kier alpha value is -2.31. The van der Waals surface area contributed by atoms with E-state index in [1.165, 1.54) is 4.80 Å². The average molecular weight is 246 g/mol. The molecule has 94 valence electrons. The number of rotatable bonds is 4. The normalized spacial score (nSPS) is 10.6. The summed E-state index contributed by atoms with van der Waals surface area (Å²) >= 11 is 0. The molecule has 18 heavy (non-hydrogen) atoms. The Morgan fingerprint density at radius 3 is 2.78 bits per heavy atom. The Balaban J connectivity index is 2.05. The lowest BCUT2D eigenvalue weighted by Crippen LogP contribution is -2.33. The van der Waals surface area contributed by atoms with Gasteiger partial charge >= 0.3 is 0 Å². The molecule has 2 rings (SSSR count). The van der Waals surface area contributed by atoms with Crippen molar-refractivity contribution in [1.29, 1.82) is 0 Å². The molecule has 0 aromatic carbocycles. The molecule has 0 radical (unpaired) electrons. The Kier molecular flexibility index (Phi) is 3.61. The summed E-state index contributed by atoms with van der Waals surface area (Å²) in [5.74, 6) is 0.346. The van der Waals surface area contributed by atoms with Crippen molar-refractivity contribution in [2.24, 2.45) is 0 Å². The van der Waals surface area contributed by atoms with Gasteiger partial charge in [0.15, 0.2) is 0 Å². The standard InChI is InChI=1S/C11H14N6O/c1-8(2)13-10(18)7-17-15-11(14-16-17)9-3-5-12-6-4-9/h3-6,8H,7H2,1-2H3,(H,13,18). The summed E-state index contributed by atoms with van der Waals surface area (Å²) in [5, 5.41) is 14.6. The topological polar surface area (TPSA) is 85.6 Å². The van der Waals surface area contributed by atoms with Gasteiger partial charge in [0, 0.05) is 24.0 Å². The van der Waals surface area contributed by atoms with Crippen LogP contribution in [-0.2, 0) is 11.3 Å². The summed E-state index contributed by atoms with van der Waals surface area (Å²) in [6.45, 7) is 3.86. The first-order valence-corrected chi connectivity index (χ1v) is 5.62. The molecule has 0 aliphatic heterocycles. The maximum atomic E-state index is 11.5. The molecule has 0 saturated carbocycles. The van der Waals surface area contributed by atoms with Gasteiger partial charge in [-0.2, -0.15) is 4.80 Å². The number of amides is 1. The van der Waals surface area contributed by atoms with E-state index in [1.807, 2.05) is 13.8 Å². The zero-order chi connectivity index (χ0) is 13.0. The second kappa shape index (κ2) is 5.35. The fourth-order valence-electron chi connectivity index (χ4n) is 1.42. The van der Waals surface area contributed by atoms with E-state index >= 15 is 0 Å². The predicted molar refractivity (Wildman–Crippen MR) is 64.3 cm³/mol. The zero-order valence-corrected chi connectivity index (χ0v) is 10.2. The highest BCUT2D eigenvalue weighted by Gasteiger charge is 2.09. The molecular formula is C11H14N6O. The number of tetrazole rings is 1. The Morgan fingerprint density at radius 1 is 1.39 bits per heavy atom. The van der Waals surface area contributed by atoms with Crippen LogP contribution in [0.25, 0.3) is 11.4 Å². The Morgan fingerprint density at radius 2 is 2.11 bits per heavy atom. The molecule has 0 unspecified atom stereocenters. The lowest BCUT2D eigenvalue weighted by Gasteiger charge is -2.06. The van der Waals surface area contributed by atoms with Crippen LogP contribution >= 0.6 is 0 Å². The van der Waals surface area contributed by atoms with Gasteiger partial charge in [-0.05, 0) is 31.2 Å². The number of carbonyl (C=O) groups excluding carboxylic acids is 1. The monoisotopic (exact) mass is 246 g/mol. The van der Waals surface area contributed by atoms with Crippen molar-refractivity contribution in [3.8, 4) is 11.4 Å². The van der Waals surface area contributed by atoms with Crippen LogP contribution in [0.3, 0.4) is 0 Å². The minimum absolute atomic E-state index is 0.0657. The summed E-state index contributed by atoms with van der Waals surface area (Å²) in [5.41, 5.74) is 0.820. The van der Waals surface area contributed by atoms with E-state index in [-0.39, 0.29) is 18.5 Å². The van der Waals surface area contributed by atoms with Crippen molar-refractivity contribution in [2.75, 3.05) is 0 Å². The van der Waals surface area contributed by atoms with Gasteiger partial charge in [0.2, 0.25) is 11.7 Å². The van der Waals surface area contributed by atoms with Gasteiger partial charge in [-0.25, -0.2) is 0 Å². The van der Waals surface area contributed by atoms with E-state index in [2.05, 4.69) is 25.7 Å². The van der Waals surface area contributed by atoms with Crippen molar-refractivity contribution >= 4 is 5.91 Å². The van der Waals surface area contributed by atoms with Crippen LogP contribution in [0.5, 0.6) is 0 Å². The second-order valence-corrected chi connectivity index (χ2v) is 4.10. The van der Waals surface area contributed by atoms with Crippen LogP contribution in [0.15, 0.2) is 24.5 Å². The number of hydrogen-bond acceptors (Lipinski definition) is 5. The first-order chi connectivity index (χ1) is 8.65. The lowest BCUT2D eigenvalue weighted by atomic mass is 10.3. The molecule has 2 aromatic heterocycles. The van der Waals surface area contributed by atoms with Crippen LogP contribution in [0.4, 0.5) is 0 Å². The van der Waals surface area contributed by atoms with Gasteiger partial charge in [0.05, 0.1) is 0 Å². The van der Waals surface area contributed by atoms with E-state index in [4.69, 9.17) is 0 Å². The van der Waals surface area contributed by atoms with Gasteiger partial charge in [-0.15, -0.1) is 10.2 Å². The number of pyridine rings is 1. The molecular weight excluding hydrogens is 232 g/mol. The molecule has 0 aliphatic carbocycles. The molecule has 0 fully saturated rings. The van der Waals surface area contributed by atoms with Gasteiger partial charge < -0.3 is 5.32 Å². The fourth-order valence-corrected chi connectivity index (χ4v) is 1.42. The highest BCUT2D eigenvalue weighted by Crippen LogP contribution is 2.10. The molecule has 2 heterocycles. The molecule has 7 heteroatoms. The number of nitrogens with one attached hydrogen (secondary N) is 1. The zero-order valence-electron chi connectivity index (χ0n) is 10.2. The van der Waals surface area contributed by atoms with Crippen LogP contribution in [0.1, 0.15) is 13.8 Å². The van der Waals surface area contributed by atoms with E-state index < -0.39 is 0 Å². The van der Waals surface area contributed by atoms with Crippen LogP contribution in [0, 0.1) is 0 Å². The van der Waals surface area contributed by atoms with Gasteiger partial charge in [0.25, 0.3) is 0 Å². The second-order valence-electron chi connectivity index (χ2n) is 4.10. The van der Waals surface area contributed by atoms with Gasteiger partial charge in [0.1, 0.15) is 6.54 Å². The summed E-state index contributed by atoms with van der Waals surface area (Å²) in [7, 11) is 0. The first kappa shape index (κ1) is 12.2. The Bertz CT molecular complexity index is 521. The first-order valence-electron chi connectivity index (χ1n) is 5.62. The van der Waals surface area contributed by atoms with E-state index in [0.717, 1.165) is 5.56 Å². The summed E-state index contributed by atoms with van der Waals surface area (Å²) < 4.78 is 0. The quantitative estimate of drug-likeness (QED) is 0.836. The number of carbonyl (C=O) groups is 1. The van der Waals surface area contributed by atoms with Crippen molar-refractivity contribution in [3.63, 3.8) is 0 Å². The smallest absolute Gasteiger partial charge is 0.243 e. The maximum Gasteiger partial charge on any atom is 0.243 e. The largest absolute Gasteiger partial charge is 0.352 e.